The molecule has 104 valence electrons. The molecule has 0 heterocycles. The van der Waals surface area contributed by atoms with Crippen LogP contribution in [0.2, 0.25) is 0 Å². The van der Waals surface area contributed by atoms with Crippen LogP contribution in [0.15, 0.2) is 53.4 Å². The van der Waals surface area contributed by atoms with Crippen LogP contribution in [0.5, 0.6) is 0 Å². The number of aromatic carboxylic acids is 1. The first-order valence-corrected chi connectivity index (χ1v) is 7.45. The van der Waals surface area contributed by atoms with Crippen molar-refractivity contribution in [2.24, 2.45) is 0 Å². The molecule has 2 aromatic carbocycles. The molecule has 0 spiro atoms. The van der Waals surface area contributed by atoms with E-state index >= 15 is 0 Å². The maximum atomic E-state index is 12.2. The Balaban J connectivity index is 2.41. The van der Waals surface area contributed by atoms with Crippen LogP contribution in [0.3, 0.4) is 0 Å². The molecule has 0 radical (unpaired) electrons. The lowest BCUT2D eigenvalue weighted by Gasteiger charge is -2.09. The van der Waals surface area contributed by atoms with Gasteiger partial charge in [0, 0.05) is 0 Å². The Hall–Kier alpha value is -2.34. The van der Waals surface area contributed by atoms with Crippen molar-refractivity contribution in [1.82, 2.24) is 0 Å². The van der Waals surface area contributed by atoms with Gasteiger partial charge in [-0.2, -0.15) is 0 Å². The van der Waals surface area contributed by atoms with Gasteiger partial charge < -0.3 is 10.8 Å². The van der Waals surface area contributed by atoms with Crippen molar-refractivity contribution in [2.45, 2.75) is 10.6 Å². The van der Waals surface area contributed by atoms with Crippen molar-refractivity contribution >= 4 is 21.5 Å². The number of nitrogens with two attached hydrogens (primary N) is 1. The van der Waals surface area contributed by atoms with Gasteiger partial charge in [0.1, 0.15) is 0 Å². The first-order chi connectivity index (χ1) is 9.42. The van der Waals surface area contributed by atoms with Crippen molar-refractivity contribution < 1.29 is 18.3 Å². The van der Waals surface area contributed by atoms with E-state index in [0.717, 1.165) is 0 Å². The third-order valence-corrected chi connectivity index (χ3v) is 4.56. The second-order valence-electron chi connectivity index (χ2n) is 4.26. The highest BCUT2D eigenvalue weighted by Crippen LogP contribution is 2.23. The molecule has 2 aromatic rings. The molecule has 6 heteroatoms. The molecule has 2 rings (SSSR count). The molecular formula is C14H13NO4S. The minimum Gasteiger partial charge on any atom is -0.478 e. The number of carboxylic acid groups (broad SMARTS) is 1. The smallest absolute Gasteiger partial charge is 0.337 e. The topological polar surface area (TPSA) is 97.5 Å². The average molecular weight is 291 g/mol. The summed E-state index contributed by atoms with van der Waals surface area (Å²) < 4.78 is 24.5. The lowest BCUT2D eigenvalue weighted by atomic mass is 10.1. The van der Waals surface area contributed by atoms with Crippen molar-refractivity contribution in [3.05, 3.63) is 59.7 Å². The molecule has 20 heavy (non-hydrogen) atoms. The predicted octanol–water partition coefficient (Wildman–Crippen LogP) is 1.94. The van der Waals surface area contributed by atoms with Gasteiger partial charge >= 0.3 is 5.97 Å². The lowest BCUT2D eigenvalue weighted by Crippen LogP contribution is -2.10. The molecule has 0 saturated carbocycles. The molecule has 0 fully saturated rings. The van der Waals surface area contributed by atoms with E-state index < -0.39 is 15.8 Å². The van der Waals surface area contributed by atoms with E-state index in [-0.39, 0.29) is 27.5 Å². The van der Waals surface area contributed by atoms with E-state index in [0.29, 0.717) is 0 Å². The Morgan fingerprint density at radius 3 is 2.30 bits per heavy atom. The van der Waals surface area contributed by atoms with Crippen LogP contribution in [0.1, 0.15) is 15.9 Å². The van der Waals surface area contributed by atoms with Gasteiger partial charge in [-0.3, -0.25) is 0 Å². The summed E-state index contributed by atoms with van der Waals surface area (Å²) in [6.45, 7) is 0. The van der Waals surface area contributed by atoms with Crippen LogP contribution in [-0.2, 0) is 15.6 Å². The molecule has 0 bridgehead atoms. The largest absolute Gasteiger partial charge is 0.478 e. The van der Waals surface area contributed by atoms with E-state index in [1.54, 1.807) is 18.2 Å². The maximum absolute atomic E-state index is 12.2. The number of para-hydroxylation sites is 1. The minimum atomic E-state index is -3.55. The average Bonchev–Trinajstić information content (AvgIpc) is 2.41. The zero-order valence-electron chi connectivity index (χ0n) is 10.5. The fourth-order valence-corrected chi connectivity index (χ4v) is 3.24. The molecule has 0 unspecified atom stereocenters. The van der Waals surface area contributed by atoms with Crippen molar-refractivity contribution in [1.29, 1.82) is 0 Å². The molecule has 0 aromatic heterocycles. The van der Waals surface area contributed by atoms with Crippen LogP contribution < -0.4 is 5.73 Å². The third kappa shape index (κ3) is 2.80. The van der Waals surface area contributed by atoms with Crippen LogP contribution in [0, 0.1) is 0 Å². The fourth-order valence-electron chi connectivity index (χ4n) is 1.84. The van der Waals surface area contributed by atoms with E-state index in [4.69, 9.17) is 10.8 Å². The van der Waals surface area contributed by atoms with Crippen LogP contribution in [-0.4, -0.2) is 19.5 Å². The van der Waals surface area contributed by atoms with Gasteiger partial charge in [-0.05, 0) is 23.8 Å². The van der Waals surface area contributed by atoms with Crippen LogP contribution in [0.25, 0.3) is 0 Å². The van der Waals surface area contributed by atoms with E-state index in [9.17, 15) is 13.2 Å². The van der Waals surface area contributed by atoms with Crippen molar-refractivity contribution in [3.63, 3.8) is 0 Å². The Kier molecular flexibility index (Phi) is 3.76. The molecule has 0 aliphatic heterocycles. The van der Waals surface area contributed by atoms with Crippen molar-refractivity contribution in [3.8, 4) is 0 Å². The van der Waals surface area contributed by atoms with Gasteiger partial charge in [-0.15, -0.1) is 0 Å². The minimum absolute atomic E-state index is 0.0143. The van der Waals surface area contributed by atoms with E-state index in [2.05, 4.69) is 0 Å². The number of hydrogen-bond acceptors (Lipinski definition) is 4. The van der Waals surface area contributed by atoms with Gasteiger partial charge in [0.15, 0.2) is 9.84 Å². The first kappa shape index (κ1) is 14.1. The summed E-state index contributed by atoms with van der Waals surface area (Å²) in [4.78, 5) is 11.2. The summed E-state index contributed by atoms with van der Waals surface area (Å²) in [5.41, 5.74) is 5.90. The summed E-state index contributed by atoms with van der Waals surface area (Å²) in [5, 5.41) is 8.98. The molecule has 0 amide bonds. The fraction of sp³-hybridized carbons (Fsp3) is 0.0714. The van der Waals surface area contributed by atoms with E-state index in [1.165, 1.54) is 30.3 Å². The number of anilines is 1. The van der Waals surface area contributed by atoms with E-state index in [1.807, 2.05) is 0 Å². The standard InChI is InChI=1S/C14H13NO4S/c15-13-10(5-4-8-12(13)14(16)17)9-20(18,19)11-6-2-1-3-7-11/h1-8H,9,15H2,(H,16,17). The number of rotatable bonds is 4. The summed E-state index contributed by atoms with van der Waals surface area (Å²) in [5.74, 6) is -1.51. The summed E-state index contributed by atoms with van der Waals surface area (Å²) in [6.07, 6.45) is 0. The number of sulfone groups is 1. The monoisotopic (exact) mass is 291 g/mol. The molecule has 0 aliphatic rings. The third-order valence-electron chi connectivity index (χ3n) is 2.87. The second kappa shape index (κ2) is 5.34. The summed E-state index contributed by atoms with van der Waals surface area (Å²) in [6, 6.07) is 12.3. The molecule has 0 aliphatic carbocycles. The van der Waals surface area contributed by atoms with Gasteiger partial charge in [0.2, 0.25) is 0 Å². The van der Waals surface area contributed by atoms with Gasteiger partial charge in [0.25, 0.3) is 0 Å². The molecular weight excluding hydrogens is 278 g/mol. The number of benzene rings is 2. The SMILES string of the molecule is Nc1c(CS(=O)(=O)c2ccccc2)cccc1C(=O)O. The molecule has 3 N–H and O–H groups in total. The zero-order valence-corrected chi connectivity index (χ0v) is 11.3. The van der Waals surface area contributed by atoms with Crippen molar-refractivity contribution in [2.75, 3.05) is 5.73 Å². The number of hydrogen-bond donors (Lipinski definition) is 2. The second-order valence-corrected chi connectivity index (χ2v) is 6.25. The Labute approximate surface area is 116 Å². The Bertz CT molecular complexity index is 739. The van der Waals surface area contributed by atoms with Gasteiger partial charge in [-0.1, -0.05) is 30.3 Å². The zero-order chi connectivity index (χ0) is 14.8. The maximum Gasteiger partial charge on any atom is 0.337 e. The van der Waals surface area contributed by atoms with Crippen LogP contribution >= 0.6 is 0 Å². The highest BCUT2D eigenvalue weighted by Gasteiger charge is 2.19. The Morgan fingerprint density at radius 1 is 1.05 bits per heavy atom. The number of carbonyl (C=O) groups is 1. The Morgan fingerprint density at radius 2 is 1.70 bits per heavy atom. The van der Waals surface area contributed by atoms with Gasteiger partial charge in [-0.25, -0.2) is 13.2 Å². The summed E-state index contributed by atoms with van der Waals surface area (Å²) in [7, 11) is -3.55. The quantitative estimate of drug-likeness (QED) is 0.839. The summed E-state index contributed by atoms with van der Waals surface area (Å²) >= 11 is 0. The number of carboxylic acids is 1. The lowest BCUT2D eigenvalue weighted by molar-refractivity contribution is 0.0698. The first-order valence-electron chi connectivity index (χ1n) is 5.80. The van der Waals surface area contributed by atoms with Gasteiger partial charge in [0.05, 0.1) is 21.9 Å². The highest BCUT2D eigenvalue weighted by molar-refractivity contribution is 7.90. The predicted molar refractivity (Wildman–Crippen MR) is 75.1 cm³/mol. The normalized spacial score (nSPS) is 11.2. The van der Waals surface area contributed by atoms with Crippen LogP contribution in [0.4, 0.5) is 5.69 Å². The molecule has 0 atom stereocenters. The molecule has 0 saturated heterocycles. The molecule has 5 nitrogen and oxygen atoms in total. The highest BCUT2D eigenvalue weighted by atomic mass is 32.2. The number of nitrogen functional groups attached to an aromatic ring is 1.